The van der Waals surface area contributed by atoms with E-state index in [1.807, 2.05) is 31.2 Å². The first kappa shape index (κ1) is 18.6. The standard InChI is InChI=1S/C19H31N3O2/c1-15(2)14-22-10-7-17(8-11-22)21-19(23)20-9-12-24-18-6-4-5-16(3)13-18/h4-6,13,15,17H,7-12,14H2,1-3H3,(H2,20,21,23). The molecule has 0 aliphatic carbocycles. The molecule has 134 valence electrons. The van der Waals surface area contributed by atoms with Crippen molar-refractivity contribution in [2.75, 3.05) is 32.8 Å². The zero-order chi connectivity index (χ0) is 17.4. The van der Waals surface area contributed by atoms with Gasteiger partial charge in [-0.05, 0) is 43.4 Å². The SMILES string of the molecule is Cc1cccc(OCCNC(=O)NC2CCN(CC(C)C)CC2)c1. The van der Waals surface area contributed by atoms with Gasteiger partial charge in [0.15, 0.2) is 0 Å². The van der Waals surface area contributed by atoms with Gasteiger partial charge in [0.1, 0.15) is 12.4 Å². The summed E-state index contributed by atoms with van der Waals surface area (Å²) in [5.74, 6) is 1.54. The van der Waals surface area contributed by atoms with Gasteiger partial charge in [0, 0.05) is 25.7 Å². The van der Waals surface area contributed by atoms with E-state index in [2.05, 4.69) is 29.4 Å². The van der Waals surface area contributed by atoms with E-state index < -0.39 is 0 Å². The molecule has 1 saturated heterocycles. The summed E-state index contributed by atoms with van der Waals surface area (Å²) in [4.78, 5) is 14.4. The third-order valence-corrected chi connectivity index (χ3v) is 4.19. The number of aryl methyl sites for hydroxylation is 1. The Morgan fingerprint density at radius 2 is 2.08 bits per heavy atom. The molecule has 0 saturated carbocycles. The lowest BCUT2D eigenvalue weighted by Crippen LogP contribution is -2.48. The Hall–Kier alpha value is -1.75. The largest absolute Gasteiger partial charge is 0.492 e. The molecule has 5 heteroatoms. The van der Waals surface area contributed by atoms with Crippen molar-refractivity contribution in [2.45, 2.75) is 39.7 Å². The smallest absolute Gasteiger partial charge is 0.315 e. The number of amides is 2. The second kappa shape index (κ2) is 9.52. The number of carbonyl (C=O) groups is 1. The molecule has 1 aliphatic heterocycles. The van der Waals surface area contributed by atoms with Gasteiger partial charge in [-0.2, -0.15) is 0 Å². The molecule has 1 aromatic rings. The molecular weight excluding hydrogens is 302 g/mol. The molecule has 0 radical (unpaired) electrons. The highest BCUT2D eigenvalue weighted by Gasteiger charge is 2.20. The van der Waals surface area contributed by atoms with E-state index in [1.54, 1.807) is 0 Å². The third kappa shape index (κ3) is 6.79. The zero-order valence-corrected chi connectivity index (χ0v) is 15.2. The second-order valence-electron chi connectivity index (χ2n) is 7.03. The van der Waals surface area contributed by atoms with E-state index in [0.717, 1.165) is 38.2 Å². The molecule has 2 N–H and O–H groups in total. The van der Waals surface area contributed by atoms with Crippen molar-refractivity contribution in [3.63, 3.8) is 0 Å². The van der Waals surface area contributed by atoms with Crippen LogP contribution in [0.4, 0.5) is 4.79 Å². The van der Waals surface area contributed by atoms with Gasteiger partial charge >= 0.3 is 6.03 Å². The molecule has 0 spiro atoms. The first-order chi connectivity index (χ1) is 11.5. The summed E-state index contributed by atoms with van der Waals surface area (Å²) in [5, 5.41) is 5.94. The quantitative estimate of drug-likeness (QED) is 0.755. The van der Waals surface area contributed by atoms with Crippen LogP contribution in [0.5, 0.6) is 5.75 Å². The summed E-state index contributed by atoms with van der Waals surface area (Å²) in [5.41, 5.74) is 1.17. The average molecular weight is 333 g/mol. The Balaban J connectivity index is 1.57. The fourth-order valence-corrected chi connectivity index (χ4v) is 3.05. The van der Waals surface area contributed by atoms with Crippen LogP contribution in [0.1, 0.15) is 32.3 Å². The number of carbonyl (C=O) groups excluding carboxylic acids is 1. The summed E-state index contributed by atoms with van der Waals surface area (Å²) in [7, 11) is 0. The van der Waals surface area contributed by atoms with Crippen LogP contribution < -0.4 is 15.4 Å². The van der Waals surface area contributed by atoms with E-state index >= 15 is 0 Å². The number of hydrogen-bond acceptors (Lipinski definition) is 3. The van der Waals surface area contributed by atoms with Gasteiger partial charge in [0.05, 0.1) is 6.54 Å². The van der Waals surface area contributed by atoms with Crippen molar-refractivity contribution in [1.29, 1.82) is 0 Å². The molecule has 5 nitrogen and oxygen atoms in total. The van der Waals surface area contributed by atoms with E-state index in [1.165, 1.54) is 5.56 Å². The summed E-state index contributed by atoms with van der Waals surface area (Å²) in [6, 6.07) is 8.11. The van der Waals surface area contributed by atoms with Gasteiger partial charge in [0.2, 0.25) is 0 Å². The summed E-state index contributed by atoms with van der Waals surface area (Å²) in [6.45, 7) is 10.8. The van der Waals surface area contributed by atoms with Crippen molar-refractivity contribution in [3.05, 3.63) is 29.8 Å². The Kier molecular flexibility index (Phi) is 7.37. The van der Waals surface area contributed by atoms with Crippen LogP contribution in [0.25, 0.3) is 0 Å². The number of nitrogens with zero attached hydrogens (tertiary/aromatic N) is 1. The molecule has 0 atom stereocenters. The Morgan fingerprint density at radius 1 is 1.33 bits per heavy atom. The van der Waals surface area contributed by atoms with Crippen molar-refractivity contribution in [2.24, 2.45) is 5.92 Å². The Labute approximate surface area is 145 Å². The maximum Gasteiger partial charge on any atom is 0.315 e. The van der Waals surface area contributed by atoms with Crippen molar-refractivity contribution >= 4 is 6.03 Å². The molecule has 24 heavy (non-hydrogen) atoms. The van der Waals surface area contributed by atoms with Gasteiger partial charge in [-0.15, -0.1) is 0 Å². The highest BCUT2D eigenvalue weighted by molar-refractivity contribution is 5.74. The van der Waals surface area contributed by atoms with E-state index in [4.69, 9.17) is 4.74 Å². The summed E-state index contributed by atoms with van der Waals surface area (Å²) >= 11 is 0. The molecule has 1 fully saturated rings. The van der Waals surface area contributed by atoms with Gasteiger partial charge in [-0.1, -0.05) is 26.0 Å². The van der Waals surface area contributed by atoms with E-state index in [-0.39, 0.29) is 12.1 Å². The molecule has 2 rings (SSSR count). The minimum Gasteiger partial charge on any atom is -0.492 e. The van der Waals surface area contributed by atoms with E-state index in [9.17, 15) is 4.79 Å². The normalized spacial score (nSPS) is 16.2. The summed E-state index contributed by atoms with van der Waals surface area (Å²) in [6.07, 6.45) is 2.06. The Bertz CT molecular complexity index is 511. The van der Waals surface area contributed by atoms with Crippen LogP contribution in [-0.2, 0) is 0 Å². The van der Waals surface area contributed by atoms with Crippen LogP contribution in [0.2, 0.25) is 0 Å². The molecule has 1 aliphatic rings. The highest BCUT2D eigenvalue weighted by atomic mass is 16.5. The molecule has 0 bridgehead atoms. The van der Waals surface area contributed by atoms with Crippen molar-refractivity contribution in [3.8, 4) is 5.75 Å². The third-order valence-electron chi connectivity index (χ3n) is 4.19. The van der Waals surface area contributed by atoms with Gasteiger partial charge in [-0.3, -0.25) is 0 Å². The molecule has 0 unspecified atom stereocenters. The van der Waals surface area contributed by atoms with Crippen LogP contribution in [0, 0.1) is 12.8 Å². The van der Waals surface area contributed by atoms with Crippen LogP contribution in [0.15, 0.2) is 24.3 Å². The lowest BCUT2D eigenvalue weighted by Gasteiger charge is -2.33. The lowest BCUT2D eigenvalue weighted by atomic mass is 10.0. The monoisotopic (exact) mass is 333 g/mol. The van der Waals surface area contributed by atoms with Gasteiger partial charge in [0.25, 0.3) is 0 Å². The Morgan fingerprint density at radius 3 is 2.75 bits per heavy atom. The predicted molar refractivity (Wildman–Crippen MR) is 97.5 cm³/mol. The number of urea groups is 1. The number of nitrogens with one attached hydrogen (secondary N) is 2. The van der Waals surface area contributed by atoms with Gasteiger partial charge < -0.3 is 20.3 Å². The zero-order valence-electron chi connectivity index (χ0n) is 15.2. The minimum absolute atomic E-state index is 0.0925. The van der Waals surface area contributed by atoms with Crippen LogP contribution in [0.3, 0.4) is 0 Å². The summed E-state index contributed by atoms with van der Waals surface area (Å²) < 4.78 is 5.63. The maximum atomic E-state index is 11.9. The minimum atomic E-state index is -0.0925. The fourth-order valence-electron chi connectivity index (χ4n) is 3.05. The van der Waals surface area contributed by atoms with Crippen LogP contribution in [-0.4, -0.2) is 49.8 Å². The molecule has 1 heterocycles. The molecule has 1 aromatic carbocycles. The van der Waals surface area contributed by atoms with Gasteiger partial charge in [-0.25, -0.2) is 4.79 Å². The maximum absolute atomic E-state index is 11.9. The fraction of sp³-hybridized carbons (Fsp3) is 0.632. The number of likely N-dealkylation sites (tertiary alicyclic amines) is 1. The van der Waals surface area contributed by atoms with Crippen molar-refractivity contribution in [1.82, 2.24) is 15.5 Å². The number of benzene rings is 1. The number of piperidine rings is 1. The van der Waals surface area contributed by atoms with E-state index in [0.29, 0.717) is 19.1 Å². The molecule has 0 aromatic heterocycles. The first-order valence-electron chi connectivity index (χ1n) is 8.99. The van der Waals surface area contributed by atoms with Crippen LogP contribution >= 0.6 is 0 Å². The lowest BCUT2D eigenvalue weighted by molar-refractivity contribution is 0.177. The molecule has 2 amide bonds. The second-order valence-corrected chi connectivity index (χ2v) is 7.03. The topological polar surface area (TPSA) is 53.6 Å². The highest BCUT2D eigenvalue weighted by Crippen LogP contribution is 2.12. The average Bonchev–Trinajstić information content (AvgIpc) is 2.53. The number of ether oxygens (including phenoxy) is 1. The molecular formula is C19H31N3O2. The first-order valence-corrected chi connectivity index (χ1v) is 8.99. The predicted octanol–water partition coefficient (Wildman–Crippen LogP) is 2.79. The number of hydrogen-bond donors (Lipinski definition) is 2. The van der Waals surface area contributed by atoms with Crippen molar-refractivity contribution < 1.29 is 9.53 Å². The number of rotatable bonds is 7.